The Labute approximate surface area is 188 Å². The zero-order valence-electron chi connectivity index (χ0n) is 16.2. The van der Waals surface area contributed by atoms with Crippen molar-refractivity contribution in [3.05, 3.63) is 46.5 Å². The van der Waals surface area contributed by atoms with Crippen LogP contribution in [0.3, 0.4) is 0 Å². The SMILES string of the molecule is CSCCCNC(=NCc1nnc(C)n1C)NC(C)c1ccc(Cl)cc1.I. The molecule has 1 aromatic heterocycles. The van der Waals surface area contributed by atoms with Gasteiger partial charge in [0.2, 0.25) is 0 Å². The quantitative estimate of drug-likeness (QED) is 0.238. The predicted molar refractivity (Wildman–Crippen MR) is 126 cm³/mol. The number of aromatic nitrogens is 3. The van der Waals surface area contributed by atoms with E-state index in [0.717, 1.165) is 46.9 Å². The Morgan fingerprint density at radius 2 is 2.00 bits per heavy atom. The lowest BCUT2D eigenvalue weighted by Gasteiger charge is -2.19. The van der Waals surface area contributed by atoms with Crippen molar-refractivity contribution < 1.29 is 0 Å². The zero-order chi connectivity index (χ0) is 18.9. The summed E-state index contributed by atoms with van der Waals surface area (Å²) in [6.45, 7) is 5.39. The van der Waals surface area contributed by atoms with Crippen molar-refractivity contribution in [2.45, 2.75) is 32.9 Å². The van der Waals surface area contributed by atoms with Crippen molar-refractivity contribution in [3.63, 3.8) is 0 Å². The van der Waals surface area contributed by atoms with Crippen LogP contribution in [0.2, 0.25) is 5.02 Å². The first-order valence-corrected chi connectivity index (χ1v) is 10.4. The molecule has 0 aliphatic rings. The van der Waals surface area contributed by atoms with Crippen LogP contribution in [0.25, 0.3) is 0 Å². The molecule has 1 unspecified atom stereocenters. The number of thioether (sulfide) groups is 1. The van der Waals surface area contributed by atoms with E-state index in [9.17, 15) is 0 Å². The highest BCUT2D eigenvalue weighted by Gasteiger charge is 2.09. The van der Waals surface area contributed by atoms with E-state index in [2.05, 4.69) is 39.0 Å². The van der Waals surface area contributed by atoms with E-state index in [0.29, 0.717) is 6.54 Å². The third kappa shape index (κ3) is 7.87. The van der Waals surface area contributed by atoms with Crippen molar-refractivity contribution in [3.8, 4) is 0 Å². The Balaban J connectivity index is 0.00000364. The third-order valence-electron chi connectivity index (χ3n) is 4.10. The standard InChI is InChI=1S/C18H27ClN6S.HI/c1-13(15-6-8-16(19)9-7-15)22-18(20-10-5-11-26-4)21-12-17-24-23-14(2)25(17)3;/h6-9,13H,5,10-12H2,1-4H3,(H2,20,21,22);1H. The van der Waals surface area contributed by atoms with Crippen molar-refractivity contribution >= 4 is 53.3 Å². The van der Waals surface area contributed by atoms with Gasteiger partial charge in [-0.25, -0.2) is 4.99 Å². The number of benzene rings is 1. The van der Waals surface area contributed by atoms with Crippen LogP contribution in [0.15, 0.2) is 29.3 Å². The molecular weight excluding hydrogens is 495 g/mol. The second-order valence-corrected chi connectivity index (χ2v) is 7.50. The number of guanidine groups is 1. The second kappa shape index (κ2) is 12.5. The minimum Gasteiger partial charge on any atom is -0.356 e. The smallest absolute Gasteiger partial charge is 0.192 e. The van der Waals surface area contributed by atoms with Gasteiger partial charge >= 0.3 is 0 Å². The van der Waals surface area contributed by atoms with Gasteiger partial charge < -0.3 is 15.2 Å². The van der Waals surface area contributed by atoms with Crippen molar-refractivity contribution in [2.75, 3.05) is 18.6 Å². The van der Waals surface area contributed by atoms with E-state index < -0.39 is 0 Å². The molecule has 0 aliphatic heterocycles. The molecule has 2 rings (SSSR count). The van der Waals surface area contributed by atoms with Crippen LogP contribution >= 0.6 is 47.3 Å². The molecule has 0 spiro atoms. The van der Waals surface area contributed by atoms with Crippen LogP contribution in [0.1, 0.15) is 36.6 Å². The lowest BCUT2D eigenvalue weighted by molar-refractivity contribution is 0.674. The Morgan fingerprint density at radius 3 is 2.59 bits per heavy atom. The highest BCUT2D eigenvalue weighted by molar-refractivity contribution is 14.0. The highest BCUT2D eigenvalue weighted by Crippen LogP contribution is 2.16. The Morgan fingerprint density at radius 1 is 1.30 bits per heavy atom. The molecular formula is C18H28ClIN6S. The van der Waals surface area contributed by atoms with Gasteiger partial charge in [0.25, 0.3) is 0 Å². The molecule has 0 amide bonds. The average molecular weight is 523 g/mol. The number of aryl methyl sites for hydroxylation is 1. The first-order valence-electron chi connectivity index (χ1n) is 8.65. The van der Waals surface area contributed by atoms with Gasteiger partial charge in [-0.05, 0) is 50.0 Å². The fraction of sp³-hybridized carbons (Fsp3) is 0.500. The van der Waals surface area contributed by atoms with Crippen LogP contribution < -0.4 is 10.6 Å². The van der Waals surface area contributed by atoms with Crippen molar-refractivity contribution in [2.24, 2.45) is 12.0 Å². The molecule has 2 aromatic rings. The Kier molecular flexibility index (Phi) is 11.1. The van der Waals surface area contributed by atoms with Gasteiger partial charge in [0.15, 0.2) is 11.8 Å². The monoisotopic (exact) mass is 522 g/mol. The van der Waals surface area contributed by atoms with Crippen LogP contribution in [-0.2, 0) is 13.6 Å². The summed E-state index contributed by atoms with van der Waals surface area (Å²) >= 11 is 7.83. The summed E-state index contributed by atoms with van der Waals surface area (Å²) < 4.78 is 1.96. The van der Waals surface area contributed by atoms with E-state index in [1.165, 1.54) is 0 Å². The number of nitrogens with zero attached hydrogens (tertiary/aromatic N) is 4. The van der Waals surface area contributed by atoms with Gasteiger partial charge in [-0.1, -0.05) is 23.7 Å². The third-order valence-corrected chi connectivity index (χ3v) is 5.05. The molecule has 0 fully saturated rings. The van der Waals surface area contributed by atoms with Crippen molar-refractivity contribution in [1.82, 2.24) is 25.4 Å². The summed E-state index contributed by atoms with van der Waals surface area (Å²) in [5.41, 5.74) is 1.16. The summed E-state index contributed by atoms with van der Waals surface area (Å²) in [5, 5.41) is 15.9. The van der Waals surface area contributed by atoms with Gasteiger partial charge in [0.1, 0.15) is 12.4 Å². The number of aliphatic imine (C=N–C) groups is 1. The van der Waals surface area contributed by atoms with Gasteiger partial charge in [0, 0.05) is 18.6 Å². The fourth-order valence-corrected chi connectivity index (χ4v) is 2.91. The topological polar surface area (TPSA) is 67.1 Å². The van der Waals surface area contributed by atoms with Gasteiger partial charge in [-0.3, -0.25) is 0 Å². The minimum atomic E-state index is 0. The largest absolute Gasteiger partial charge is 0.356 e. The first kappa shape index (κ1) is 24.0. The predicted octanol–water partition coefficient (Wildman–Crippen LogP) is 3.94. The lowest BCUT2D eigenvalue weighted by Crippen LogP contribution is -2.39. The highest BCUT2D eigenvalue weighted by atomic mass is 127. The number of nitrogens with one attached hydrogen (secondary N) is 2. The summed E-state index contributed by atoms with van der Waals surface area (Å²) in [5.74, 6) is 3.61. The number of hydrogen-bond acceptors (Lipinski definition) is 4. The summed E-state index contributed by atoms with van der Waals surface area (Å²) in [6, 6.07) is 7.97. The fourth-order valence-electron chi connectivity index (χ4n) is 2.35. The molecule has 150 valence electrons. The molecule has 0 aliphatic carbocycles. The van der Waals surface area contributed by atoms with Crippen LogP contribution in [0.4, 0.5) is 0 Å². The molecule has 0 radical (unpaired) electrons. The molecule has 1 heterocycles. The van der Waals surface area contributed by atoms with Crippen LogP contribution in [0.5, 0.6) is 0 Å². The van der Waals surface area contributed by atoms with E-state index >= 15 is 0 Å². The van der Waals surface area contributed by atoms with Gasteiger partial charge in [-0.2, -0.15) is 11.8 Å². The van der Waals surface area contributed by atoms with Crippen LogP contribution in [0, 0.1) is 6.92 Å². The molecule has 0 bridgehead atoms. The van der Waals surface area contributed by atoms with E-state index in [1.54, 1.807) is 0 Å². The number of hydrogen-bond donors (Lipinski definition) is 2. The van der Waals surface area contributed by atoms with E-state index in [1.807, 2.05) is 54.6 Å². The van der Waals surface area contributed by atoms with Crippen molar-refractivity contribution in [1.29, 1.82) is 0 Å². The molecule has 9 heteroatoms. The first-order chi connectivity index (χ1) is 12.5. The van der Waals surface area contributed by atoms with E-state index in [-0.39, 0.29) is 30.0 Å². The Bertz CT molecular complexity index is 719. The molecule has 0 saturated heterocycles. The summed E-state index contributed by atoms with van der Waals surface area (Å²) in [7, 11) is 1.95. The van der Waals surface area contributed by atoms with E-state index in [4.69, 9.17) is 11.6 Å². The molecule has 27 heavy (non-hydrogen) atoms. The van der Waals surface area contributed by atoms with Gasteiger partial charge in [-0.15, -0.1) is 34.2 Å². The maximum absolute atomic E-state index is 5.98. The summed E-state index contributed by atoms with van der Waals surface area (Å²) in [4.78, 5) is 4.69. The molecule has 2 N–H and O–H groups in total. The molecule has 6 nitrogen and oxygen atoms in total. The maximum atomic E-state index is 5.98. The van der Waals surface area contributed by atoms with Crippen LogP contribution in [-0.4, -0.2) is 39.3 Å². The lowest BCUT2D eigenvalue weighted by atomic mass is 10.1. The van der Waals surface area contributed by atoms with Gasteiger partial charge in [0.05, 0.1) is 6.04 Å². The average Bonchev–Trinajstić information content (AvgIpc) is 2.95. The number of rotatable bonds is 8. The Hall–Kier alpha value is -1.000. The normalized spacial score (nSPS) is 12.4. The zero-order valence-corrected chi connectivity index (χ0v) is 20.1. The second-order valence-electron chi connectivity index (χ2n) is 6.08. The maximum Gasteiger partial charge on any atom is 0.192 e. The molecule has 1 atom stereocenters. The number of halogens is 2. The molecule has 0 saturated carbocycles. The minimum absolute atomic E-state index is 0. The summed E-state index contributed by atoms with van der Waals surface area (Å²) in [6.07, 6.45) is 3.20. The molecule has 1 aromatic carbocycles.